The van der Waals surface area contributed by atoms with Crippen molar-refractivity contribution >= 4 is 45.4 Å². The van der Waals surface area contributed by atoms with E-state index in [0.717, 1.165) is 28.1 Å². The lowest BCUT2D eigenvalue weighted by molar-refractivity contribution is -0.122. The monoisotopic (exact) mass is 319 g/mol. The van der Waals surface area contributed by atoms with Gasteiger partial charge in [-0.25, -0.2) is 9.97 Å². The second-order valence-electron chi connectivity index (χ2n) is 4.56. The Morgan fingerprint density at radius 2 is 2.24 bits per heavy atom. The van der Waals surface area contributed by atoms with Crippen LogP contribution in [0.4, 0.5) is 0 Å². The standard InChI is InChI=1S/C14H13N3O2S2/c18-12(17-11-5-6-20-14(11)19)7-21-13-9-3-1-2-4-10(9)15-8-16-13/h1-4,8,11H,5-7H2,(H,17,18)/t11-/m1/s1. The van der Waals surface area contributed by atoms with Crippen molar-refractivity contribution in [3.8, 4) is 0 Å². The summed E-state index contributed by atoms with van der Waals surface area (Å²) < 4.78 is 0. The van der Waals surface area contributed by atoms with Crippen molar-refractivity contribution in [2.75, 3.05) is 11.5 Å². The molecule has 0 spiro atoms. The average molecular weight is 319 g/mol. The smallest absolute Gasteiger partial charge is 0.231 e. The molecule has 108 valence electrons. The third-order valence-electron chi connectivity index (χ3n) is 3.12. The maximum absolute atomic E-state index is 11.9. The van der Waals surface area contributed by atoms with Gasteiger partial charge in [-0.1, -0.05) is 41.7 Å². The predicted octanol–water partition coefficient (Wildman–Crippen LogP) is 1.87. The molecular weight excluding hydrogens is 306 g/mol. The van der Waals surface area contributed by atoms with E-state index in [1.165, 1.54) is 29.9 Å². The van der Waals surface area contributed by atoms with Crippen molar-refractivity contribution in [3.05, 3.63) is 30.6 Å². The fourth-order valence-electron chi connectivity index (χ4n) is 2.09. The number of carbonyl (C=O) groups excluding carboxylic acids is 2. The largest absolute Gasteiger partial charge is 0.345 e. The Hall–Kier alpha value is -1.60. The van der Waals surface area contributed by atoms with Crippen LogP contribution in [0.5, 0.6) is 0 Å². The highest BCUT2D eigenvalue weighted by atomic mass is 32.2. The van der Waals surface area contributed by atoms with Gasteiger partial charge in [0.15, 0.2) is 0 Å². The van der Waals surface area contributed by atoms with E-state index in [2.05, 4.69) is 15.3 Å². The molecular formula is C14H13N3O2S2. The van der Waals surface area contributed by atoms with E-state index in [1.54, 1.807) is 0 Å². The maximum Gasteiger partial charge on any atom is 0.231 e. The van der Waals surface area contributed by atoms with Crippen LogP contribution in [0.25, 0.3) is 10.9 Å². The van der Waals surface area contributed by atoms with Gasteiger partial charge in [0.1, 0.15) is 11.4 Å². The zero-order valence-electron chi connectivity index (χ0n) is 11.1. The number of carbonyl (C=O) groups is 2. The van der Waals surface area contributed by atoms with E-state index in [-0.39, 0.29) is 22.8 Å². The molecule has 0 saturated carbocycles. The second kappa shape index (κ2) is 6.44. The molecule has 5 nitrogen and oxygen atoms in total. The molecule has 2 heterocycles. The Morgan fingerprint density at radius 1 is 1.38 bits per heavy atom. The molecule has 3 rings (SSSR count). The molecule has 1 atom stereocenters. The number of fused-ring (bicyclic) bond motifs is 1. The summed E-state index contributed by atoms with van der Waals surface area (Å²) in [5.74, 6) is 0.895. The summed E-state index contributed by atoms with van der Waals surface area (Å²) in [4.78, 5) is 31.8. The van der Waals surface area contributed by atoms with Gasteiger partial charge in [0.05, 0.1) is 17.3 Å². The molecule has 1 aromatic heterocycles. The number of nitrogens with one attached hydrogen (secondary N) is 1. The van der Waals surface area contributed by atoms with Crippen LogP contribution in [0.15, 0.2) is 35.6 Å². The van der Waals surface area contributed by atoms with Gasteiger partial charge in [-0.05, 0) is 12.5 Å². The first-order chi connectivity index (χ1) is 10.2. The zero-order valence-corrected chi connectivity index (χ0v) is 12.7. The summed E-state index contributed by atoms with van der Waals surface area (Å²) in [5.41, 5.74) is 0.859. The molecule has 2 aromatic rings. The quantitative estimate of drug-likeness (QED) is 0.685. The maximum atomic E-state index is 11.9. The SMILES string of the molecule is O=C(CSc1ncnc2ccccc12)N[C@@H]1CCSC1=O. The Morgan fingerprint density at radius 3 is 3.05 bits per heavy atom. The molecule has 1 aliphatic heterocycles. The minimum atomic E-state index is -0.328. The molecule has 0 aliphatic carbocycles. The van der Waals surface area contributed by atoms with Gasteiger partial charge in [-0.15, -0.1) is 0 Å². The number of benzene rings is 1. The van der Waals surface area contributed by atoms with Crippen LogP contribution in [0.1, 0.15) is 6.42 Å². The van der Waals surface area contributed by atoms with E-state index in [1.807, 2.05) is 24.3 Å². The molecule has 1 amide bonds. The van der Waals surface area contributed by atoms with E-state index in [0.29, 0.717) is 0 Å². The first kappa shape index (κ1) is 14.3. The number of para-hydroxylation sites is 1. The molecule has 1 aromatic carbocycles. The van der Waals surface area contributed by atoms with E-state index >= 15 is 0 Å². The van der Waals surface area contributed by atoms with E-state index in [4.69, 9.17) is 0 Å². The summed E-state index contributed by atoms with van der Waals surface area (Å²) in [6, 6.07) is 7.36. The van der Waals surface area contributed by atoms with Crippen molar-refractivity contribution < 1.29 is 9.59 Å². The van der Waals surface area contributed by atoms with Crippen molar-refractivity contribution in [3.63, 3.8) is 0 Å². The third-order valence-corrected chi connectivity index (χ3v) is 5.13. The average Bonchev–Trinajstić information content (AvgIpc) is 2.90. The number of thioether (sulfide) groups is 2. The number of amides is 1. The Labute approximate surface area is 130 Å². The minimum absolute atomic E-state index is 0.0563. The highest BCUT2D eigenvalue weighted by Crippen LogP contribution is 2.24. The van der Waals surface area contributed by atoms with Crippen molar-refractivity contribution in [1.82, 2.24) is 15.3 Å². The van der Waals surface area contributed by atoms with Crippen molar-refractivity contribution in [2.24, 2.45) is 0 Å². The molecule has 7 heteroatoms. The molecule has 0 bridgehead atoms. The van der Waals surface area contributed by atoms with Gasteiger partial charge in [-0.2, -0.15) is 0 Å². The van der Waals surface area contributed by atoms with E-state index < -0.39 is 0 Å². The van der Waals surface area contributed by atoms with E-state index in [9.17, 15) is 9.59 Å². The molecule has 1 fully saturated rings. The lowest BCUT2D eigenvalue weighted by atomic mass is 10.2. The van der Waals surface area contributed by atoms with Crippen LogP contribution >= 0.6 is 23.5 Å². The fourth-order valence-corrected chi connectivity index (χ4v) is 3.83. The molecule has 0 radical (unpaired) electrons. The number of aromatic nitrogens is 2. The lowest BCUT2D eigenvalue weighted by Crippen LogP contribution is -2.38. The summed E-state index contributed by atoms with van der Waals surface area (Å²) in [7, 11) is 0. The topological polar surface area (TPSA) is 72.0 Å². The second-order valence-corrected chi connectivity index (χ2v) is 6.62. The first-order valence-corrected chi connectivity index (χ1v) is 8.50. The summed E-state index contributed by atoms with van der Waals surface area (Å²) in [6.07, 6.45) is 2.22. The highest BCUT2D eigenvalue weighted by molar-refractivity contribution is 8.14. The number of nitrogens with zero attached hydrogens (tertiary/aromatic N) is 2. The molecule has 0 unspecified atom stereocenters. The molecule has 1 aliphatic rings. The fraction of sp³-hybridized carbons (Fsp3) is 0.286. The van der Waals surface area contributed by atoms with Crippen molar-refractivity contribution in [1.29, 1.82) is 0 Å². The zero-order chi connectivity index (χ0) is 14.7. The number of rotatable bonds is 4. The van der Waals surface area contributed by atoms with Crippen LogP contribution in [-0.2, 0) is 9.59 Å². The van der Waals surface area contributed by atoms with Gasteiger partial charge < -0.3 is 5.32 Å². The third kappa shape index (κ3) is 3.36. The van der Waals surface area contributed by atoms with Crippen molar-refractivity contribution in [2.45, 2.75) is 17.5 Å². The van der Waals surface area contributed by atoms with Crippen LogP contribution in [0.3, 0.4) is 0 Å². The predicted molar refractivity (Wildman–Crippen MR) is 84.3 cm³/mol. The van der Waals surface area contributed by atoms with Gasteiger partial charge in [0.2, 0.25) is 11.0 Å². The van der Waals surface area contributed by atoms with Gasteiger partial charge in [-0.3, -0.25) is 9.59 Å². The van der Waals surface area contributed by atoms with Crippen LogP contribution in [0, 0.1) is 0 Å². The number of hydrogen-bond donors (Lipinski definition) is 1. The summed E-state index contributed by atoms with van der Waals surface area (Å²) in [6.45, 7) is 0. The summed E-state index contributed by atoms with van der Waals surface area (Å²) in [5, 5.41) is 4.55. The molecule has 21 heavy (non-hydrogen) atoms. The summed E-state index contributed by atoms with van der Waals surface area (Å²) >= 11 is 2.64. The van der Waals surface area contributed by atoms with Crippen LogP contribution < -0.4 is 5.32 Å². The minimum Gasteiger partial charge on any atom is -0.345 e. The first-order valence-electron chi connectivity index (χ1n) is 6.52. The highest BCUT2D eigenvalue weighted by Gasteiger charge is 2.26. The molecule has 1 N–H and O–H groups in total. The van der Waals surface area contributed by atoms with Gasteiger partial charge in [0.25, 0.3) is 0 Å². The Kier molecular flexibility index (Phi) is 4.40. The van der Waals surface area contributed by atoms with Gasteiger partial charge >= 0.3 is 0 Å². The van der Waals surface area contributed by atoms with Crippen LogP contribution in [0.2, 0.25) is 0 Å². The number of hydrogen-bond acceptors (Lipinski definition) is 6. The normalized spacial score (nSPS) is 18.1. The lowest BCUT2D eigenvalue weighted by Gasteiger charge is -2.10. The van der Waals surface area contributed by atoms with Gasteiger partial charge in [0, 0.05) is 11.1 Å². The van der Waals surface area contributed by atoms with Crippen LogP contribution in [-0.4, -0.2) is 38.5 Å². The Bertz CT molecular complexity index is 687. The molecule has 1 saturated heterocycles. The Balaban J connectivity index is 1.63.